The highest BCUT2D eigenvalue weighted by atomic mass is 16.4. The van der Waals surface area contributed by atoms with Crippen LogP contribution in [0.1, 0.15) is 40.4 Å². The summed E-state index contributed by atoms with van der Waals surface area (Å²) in [5, 5.41) is 19.3. The van der Waals surface area contributed by atoms with E-state index in [4.69, 9.17) is 15.6 Å². The molecule has 3 amide bonds. The minimum absolute atomic E-state index is 0.0830. The number of carbonyl (C=O) groups excluding carboxylic acids is 3. The number of hydrogen-bond acceptors (Lipinski definition) is 6. The summed E-state index contributed by atoms with van der Waals surface area (Å²) in [4.78, 5) is 51.4. The quantitative estimate of drug-likeness (QED) is 0.176. The number of hydrogen-bond donors (Lipinski definition) is 4. The highest BCUT2D eigenvalue weighted by Crippen LogP contribution is 2.27. The SMILES string of the molecule is N=C(N)c1ccc(C(=O)NCCCN2CCN(C(CC(=O)O)c3ccoc3)C(=O)C2=O)cc1. The van der Waals surface area contributed by atoms with E-state index in [0.29, 0.717) is 29.7 Å². The minimum Gasteiger partial charge on any atom is -0.481 e. The summed E-state index contributed by atoms with van der Waals surface area (Å²) in [5.74, 6) is -2.93. The molecule has 0 aliphatic carbocycles. The van der Waals surface area contributed by atoms with E-state index in [0.717, 1.165) is 0 Å². The average molecular weight is 455 g/mol. The van der Waals surface area contributed by atoms with Crippen LogP contribution in [0.5, 0.6) is 0 Å². The van der Waals surface area contributed by atoms with Gasteiger partial charge in [-0.1, -0.05) is 12.1 Å². The van der Waals surface area contributed by atoms with Crippen LogP contribution >= 0.6 is 0 Å². The third-order valence-corrected chi connectivity index (χ3v) is 5.36. The molecule has 0 radical (unpaired) electrons. The second-order valence-corrected chi connectivity index (χ2v) is 7.56. The molecule has 1 aliphatic heterocycles. The van der Waals surface area contributed by atoms with E-state index in [1.54, 1.807) is 30.3 Å². The largest absolute Gasteiger partial charge is 0.481 e. The number of amidine groups is 1. The Morgan fingerprint density at radius 2 is 1.82 bits per heavy atom. The molecule has 33 heavy (non-hydrogen) atoms. The third-order valence-electron chi connectivity index (χ3n) is 5.36. The molecule has 1 aliphatic rings. The highest BCUT2D eigenvalue weighted by Gasteiger charge is 2.37. The summed E-state index contributed by atoms with van der Waals surface area (Å²) in [6.07, 6.45) is 2.86. The topological polar surface area (TPSA) is 170 Å². The van der Waals surface area contributed by atoms with Crippen molar-refractivity contribution in [1.82, 2.24) is 15.1 Å². The molecule has 1 aromatic heterocycles. The lowest BCUT2D eigenvalue weighted by atomic mass is 10.0. The zero-order chi connectivity index (χ0) is 24.0. The number of nitrogen functional groups attached to an aromatic ring is 1. The first-order valence-corrected chi connectivity index (χ1v) is 10.3. The number of amides is 3. The van der Waals surface area contributed by atoms with E-state index in [1.165, 1.54) is 22.3 Å². The fourth-order valence-electron chi connectivity index (χ4n) is 3.61. The molecule has 2 aromatic rings. The van der Waals surface area contributed by atoms with Crippen molar-refractivity contribution in [3.63, 3.8) is 0 Å². The maximum Gasteiger partial charge on any atom is 0.312 e. The molecule has 2 heterocycles. The molecule has 0 spiro atoms. The number of aliphatic carboxylic acids is 1. The Hall–Kier alpha value is -4.15. The Labute approximate surface area is 189 Å². The molecule has 11 heteroatoms. The predicted molar refractivity (Wildman–Crippen MR) is 116 cm³/mol. The van der Waals surface area contributed by atoms with Crippen molar-refractivity contribution in [3.05, 3.63) is 59.5 Å². The summed E-state index contributed by atoms with van der Waals surface area (Å²) in [6, 6.07) is 7.11. The normalized spacial score (nSPS) is 14.8. The first-order chi connectivity index (χ1) is 15.8. The first kappa shape index (κ1) is 23.5. The van der Waals surface area contributed by atoms with Crippen molar-refractivity contribution in [2.24, 2.45) is 5.73 Å². The highest BCUT2D eigenvalue weighted by molar-refractivity contribution is 6.35. The molecule has 5 N–H and O–H groups in total. The van der Waals surface area contributed by atoms with Crippen LogP contribution in [-0.4, -0.2) is 70.6 Å². The molecule has 174 valence electrons. The number of nitrogens with zero attached hydrogens (tertiary/aromatic N) is 2. The van der Waals surface area contributed by atoms with Gasteiger partial charge < -0.3 is 30.4 Å². The number of nitrogens with one attached hydrogen (secondary N) is 2. The standard InChI is InChI=1S/C22H25N5O6/c23-19(24)14-2-4-15(5-3-14)20(30)25-7-1-8-26-9-10-27(22(32)21(26)31)17(12-18(28)29)16-6-11-33-13-16/h2-6,11,13,17H,1,7-10,12H2,(H3,23,24)(H,25,30)(H,28,29). The maximum atomic E-state index is 12.7. The first-order valence-electron chi connectivity index (χ1n) is 10.3. The molecule has 0 bridgehead atoms. The lowest BCUT2D eigenvalue weighted by Crippen LogP contribution is -2.55. The van der Waals surface area contributed by atoms with E-state index in [2.05, 4.69) is 5.32 Å². The van der Waals surface area contributed by atoms with Gasteiger partial charge in [-0.3, -0.25) is 24.6 Å². The van der Waals surface area contributed by atoms with Gasteiger partial charge in [0.1, 0.15) is 5.84 Å². The van der Waals surface area contributed by atoms with Gasteiger partial charge >= 0.3 is 17.8 Å². The van der Waals surface area contributed by atoms with Crippen molar-refractivity contribution in [3.8, 4) is 0 Å². The number of furan rings is 1. The zero-order valence-corrected chi connectivity index (χ0v) is 17.8. The molecule has 1 atom stereocenters. The van der Waals surface area contributed by atoms with Crippen LogP contribution in [0, 0.1) is 5.41 Å². The van der Waals surface area contributed by atoms with Crippen LogP contribution in [0.3, 0.4) is 0 Å². The number of carboxylic acid groups (broad SMARTS) is 1. The second-order valence-electron chi connectivity index (χ2n) is 7.56. The van der Waals surface area contributed by atoms with Crippen LogP contribution in [-0.2, 0) is 14.4 Å². The molecule has 11 nitrogen and oxygen atoms in total. The van der Waals surface area contributed by atoms with Gasteiger partial charge in [-0.2, -0.15) is 0 Å². The van der Waals surface area contributed by atoms with Gasteiger partial charge in [-0.25, -0.2) is 0 Å². The van der Waals surface area contributed by atoms with Crippen LogP contribution in [0.15, 0.2) is 47.3 Å². The Bertz CT molecular complexity index is 1030. The van der Waals surface area contributed by atoms with Crippen LogP contribution in [0.25, 0.3) is 0 Å². The van der Waals surface area contributed by atoms with Crippen molar-refractivity contribution in [1.29, 1.82) is 5.41 Å². The number of carboxylic acids is 1. The van der Waals surface area contributed by atoms with Gasteiger partial charge in [0.25, 0.3) is 5.91 Å². The van der Waals surface area contributed by atoms with E-state index in [-0.39, 0.29) is 37.8 Å². The van der Waals surface area contributed by atoms with Crippen molar-refractivity contribution in [2.75, 3.05) is 26.2 Å². The van der Waals surface area contributed by atoms with Crippen LogP contribution < -0.4 is 11.1 Å². The molecule has 1 saturated heterocycles. The van der Waals surface area contributed by atoms with Crippen molar-refractivity contribution >= 4 is 29.5 Å². The minimum atomic E-state index is -1.09. The number of piperazine rings is 1. The van der Waals surface area contributed by atoms with Gasteiger partial charge in [0.15, 0.2) is 0 Å². The molecule has 3 rings (SSSR count). The lowest BCUT2D eigenvalue weighted by molar-refractivity contribution is -0.159. The molecule has 0 saturated carbocycles. The summed E-state index contributed by atoms with van der Waals surface area (Å²) >= 11 is 0. The average Bonchev–Trinajstić information content (AvgIpc) is 3.32. The Kier molecular flexibility index (Phi) is 7.44. The summed E-state index contributed by atoms with van der Waals surface area (Å²) < 4.78 is 5.01. The Morgan fingerprint density at radius 3 is 2.42 bits per heavy atom. The monoisotopic (exact) mass is 455 g/mol. The number of benzene rings is 1. The van der Waals surface area contributed by atoms with Crippen LogP contribution in [0.4, 0.5) is 0 Å². The zero-order valence-electron chi connectivity index (χ0n) is 17.8. The maximum absolute atomic E-state index is 12.7. The van der Waals surface area contributed by atoms with E-state index < -0.39 is 23.8 Å². The summed E-state index contributed by atoms with van der Waals surface area (Å²) in [5.41, 5.74) is 6.85. The van der Waals surface area contributed by atoms with Gasteiger partial charge in [0, 0.05) is 42.9 Å². The number of nitrogens with two attached hydrogens (primary N) is 1. The third kappa shape index (κ3) is 5.76. The van der Waals surface area contributed by atoms with E-state index in [9.17, 15) is 24.3 Å². The van der Waals surface area contributed by atoms with Crippen LogP contribution in [0.2, 0.25) is 0 Å². The molecular weight excluding hydrogens is 430 g/mol. The van der Waals surface area contributed by atoms with Gasteiger partial charge in [0.2, 0.25) is 0 Å². The predicted octanol–water partition coefficient (Wildman–Crippen LogP) is 0.570. The van der Waals surface area contributed by atoms with Gasteiger partial charge in [0.05, 0.1) is 25.0 Å². The molecule has 1 fully saturated rings. The fraction of sp³-hybridized carbons (Fsp3) is 0.318. The number of carbonyl (C=O) groups is 4. The molecule has 1 aromatic carbocycles. The smallest absolute Gasteiger partial charge is 0.312 e. The summed E-state index contributed by atoms with van der Waals surface area (Å²) in [6.45, 7) is 1.03. The van der Waals surface area contributed by atoms with E-state index in [1.807, 2.05) is 0 Å². The lowest BCUT2D eigenvalue weighted by Gasteiger charge is -2.37. The fourth-order valence-corrected chi connectivity index (χ4v) is 3.61. The molecule has 1 unspecified atom stereocenters. The Morgan fingerprint density at radius 1 is 1.12 bits per heavy atom. The van der Waals surface area contributed by atoms with Gasteiger partial charge in [-0.05, 0) is 24.6 Å². The second kappa shape index (κ2) is 10.4. The molecular formula is C22H25N5O6. The van der Waals surface area contributed by atoms with Crippen molar-refractivity contribution < 1.29 is 28.7 Å². The van der Waals surface area contributed by atoms with E-state index >= 15 is 0 Å². The number of rotatable bonds is 10. The van der Waals surface area contributed by atoms with Gasteiger partial charge in [-0.15, -0.1) is 0 Å². The van der Waals surface area contributed by atoms with Crippen molar-refractivity contribution in [2.45, 2.75) is 18.9 Å². The summed E-state index contributed by atoms with van der Waals surface area (Å²) in [7, 11) is 0. The Balaban J connectivity index is 1.50.